The van der Waals surface area contributed by atoms with E-state index >= 15 is 0 Å². The van der Waals surface area contributed by atoms with Gasteiger partial charge in [-0.15, -0.1) is 0 Å². The normalized spacial score (nSPS) is 25.8. The van der Waals surface area contributed by atoms with Crippen molar-refractivity contribution in [2.75, 3.05) is 13.2 Å². The smallest absolute Gasteiger partial charge is 0.0580 e. The van der Waals surface area contributed by atoms with Gasteiger partial charge >= 0.3 is 0 Å². The molecule has 0 aliphatic carbocycles. The summed E-state index contributed by atoms with van der Waals surface area (Å²) in [4.78, 5) is 0. The van der Waals surface area contributed by atoms with E-state index < -0.39 is 0 Å². The Morgan fingerprint density at radius 2 is 2.17 bits per heavy atom. The summed E-state index contributed by atoms with van der Waals surface area (Å²) in [7, 11) is 0. The molecule has 0 aromatic heterocycles. The maximum absolute atomic E-state index is 5.67. The van der Waals surface area contributed by atoms with Crippen molar-refractivity contribution in [2.24, 2.45) is 11.1 Å². The van der Waals surface area contributed by atoms with Crippen molar-refractivity contribution < 1.29 is 4.74 Å². The Labute approximate surface area is 75.5 Å². The van der Waals surface area contributed by atoms with E-state index in [1.54, 1.807) is 0 Å². The van der Waals surface area contributed by atoms with Crippen LogP contribution in [0.3, 0.4) is 0 Å². The van der Waals surface area contributed by atoms with Crippen molar-refractivity contribution in [1.82, 2.24) is 0 Å². The Morgan fingerprint density at radius 3 is 2.67 bits per heavy atom. The van der Waals surface area contributed by atoms with E-state index in [2.05, 4.69) is 13.8 Å². The lowest BCUT2D eigenvalue weighted by atomic mass is 9.85. The molecule has 0 radical (unpaired) electrons. The van der Waals surface area contributed by atoms with Gasteiger partial charge in [-0.05, 0) is 37.6 Å². The van der Waals surface area contributed by atoms with Gasteiger partial charge in [0.2, 0.25) is 0 Å². The zero-order valence-corrected chi connectivity index (χ0v) is 8.31. The minimum absolute atomic E-state index is 0.252. The summed E-state index contributed by atoms with van der Waals surface area (Å²) >= 11 is 0. The van der Waals surface area contributed by atoms with Gasteiger partial charge in [-0.25, -0.2) is 0 Å². The molecule has 72 valence electrons. The minimum atomic E-state index is 0.252. The summed E-state index contributed by atoms with van der Waals surface area (Å²) in [6.07, 6.45) is 5.37. The molecule has 0 saturated carbocycles. The van der Waals surface area contributed by atoms with Gasteiger partial charge in [-0.1, -0.05) is 13.8 Å². The highest BCUT2D eigenvalue weighted by Gasteiger charge is 2.23. The van der Waals surface area contributed by atoms with E-state index in [1.807, 2.05) is 0 Å². The third-order valence-corrected chi connectivity index (χ3v) is 2.61. The van der Waals surface area contributed by atoms with Crippen molar-refractivity contribution in [1.29, 1.82) is 0 Å². The maximum atomic E-state index is 5.67. The number of hydrogen-bond acceptors (Lipinski definition) is 2. The van der Waals surface area contributed by atoms with E-state index in [0.29, 0.717) is 6.10 Å². The molecule has 2 nitrogen and oxygen atoms in total. The molecule has 12 heavy (non-hydrogen) atoms. The molecule has 0 bridgehead atoms. The molecular formula is C10H21NO. The van der Waals surface area contributed by atoms with Crippen molar-refractivity contribution in [3.05, 3.63) is 0 Å². The first-order valence-electron chi connectivity index (χ1n) is 4.96. The zero-order valence-electron chi connectivity index (χ0n) is 8.31. The lowest BCUT2D eigenvalue weighted by Crippen LogP contribution is -2.31. The van der Waals surface area contributed by atoms with Crippen molar-refractivity contribution in [3.8, 4) is 0 Å². The number of ether oxygens (including phenoxy) is 1. The minimum Gasteiger partial charge on any atom is -0.378 e. The van der Waals surface area contributed by atoms with E-state index in [0.717, 1.165) is 19.6 Å². The van der Waals surface area contributed by atoms with Crippen LogP contribution in [-0.2, 0) is 4.74 Å². The molecule has 1 heterocycles. The Bertz CT molecular complexity index is 128. The van der Waals surface area contributed by atoms with Crippen LogP contribution in [0.15, 0.2) is 0 Å². The third-order valence-electron chi connectivity index (χ3n) is 2.61. The highest BCUT2D eigenvalue weighted by Crippen LogP contribution is 2.26. The topological polar surface area (TPSA) is 35.2 Å². The van der Waals surface area contributed by atoms with Crippen molar-refractivity contribution in [2.45, 2.75) is 45.6 Å². The largest absolute Gasteiger partial charge is 0.378 e. The van der Waals surface area contributed by atoms with Crippen LogP contribution in [0.5, 0.6) is 0 Å². The third kappa shape index (κ3) is 3.11. The first kappa shape index (κ1) is 10.0. The second-order valence-corrected chi connectivity index (χ2v) is 4.56. The Morgan fingerprint density at radius 1 is 1.42 bits per heavy atom. The Balaban J connectivity index is 2.28. The van der Waals surface area contributed by atoms with Gasteiger partial charge in [-0.3, -0.25) is 0 Å². The first-order valence-corrected chi connectivity index (χ1v) is 4.96. The van der Waals surface area contributed by atoms with Gasteiger partial charge < -0.3 is 10.5 Å². The Kier molecular flexibility index (Phi) is 3.53. The van der Waals surface area contributed by atoms with Crippen molar-refractivity contribution >= 4 is 0 Å². The van der Waals surface area contributed by atoms with Gasteiger partial charge in [0.1, 0.15) is 0 Å². The van der Waals surface area contributed by atoms with Gasteiger partial charge in [0.25, 0.3) is 0 Å². The predicted molar refractivity (Wildman–Crippen MR) is 51.0 cm³/mol. The second-order valence-electron chi connectivity index (χ2n) is 4.56. The van der Waals surface area contributed by atoms with E-state index in [-0.39, 0.29) is 5.41 Å². The molecule has 1 aliphatic heterocycles. The van der Waals surface area contributed by atoms with Crippen LogP contribution in [0, 0.1) is 5.41 Å². The maximum Gasteiger partial charge on any atom is 0.0580 e. The molecule has 0 amide bonds. The zero-order chi connectivity index (χ0) is 9.03. The summed E-state index contributed by atoms with van der Waals surface area (Å²) < 4.78 is 5.66. The molecule has 1 atom stereocenters. The fourth-order valence-corrected chi connectivity index (χ4v) is 1.67. The van der Waals surface area contributed by atoms with Crippen LogP contribution in [0.25, 0.3) is 0 Å². The molecule has 1 saturated heterocycles. The van der Waals surface area contributed by atoms with Crippen LogP contribution >= 0.6 is 0 Å². The molecule has 1 rings (SSSR count). The fraction of sp³-hybridized carbons (Fsp3) is 1.00. The molecule has 1 fully saturated rings. The summed E-state index contributed by atoms with van der Waals surface area (Å²) in [5.41, 5.74) is 5.92. The van der Waals surface area contributed by atoms with Crippen LogP contribution in [0.2, 0.25) is 0 Å². The average molecular weight is 171 g/mol. The molecule has 1 aliphatic rings. The molecule has 2 N–H and O–H groups in total. The van der Waals surface area contributed by atoms with Crippen LogP contribution in [0.1, 0.15) is 39.5 Å². The number of hydrogen-bond donors (Lipinski definition) is 1. The van der Waals surface area contributed by atoms with Crippen LogP contribution in [-0.4, -0.2) is 19.3 Å². The van der Waals surface area contributed by atoms with E-state index in [9.17, 15) is 0 Å². The summed E-state index contributed by atoms with van der Waals surface area (Å²) in [5.74, 6) is 0. The predicted octanol–water partition coefficient (Wildman–Crippen LogP) is 1.93. The summed E-state index contributed by atoms with van der Waals surface area (Å²) in [6.45, 7) is 6.13. The number of rotatable bonds is 3. The van der Waals surface area contributed by atoms with Gasteiger partial charge in [0, 0.05) is 6.61 Å². The average Bonchev–Trinajstić information content (AvgIpc) is 2.06. The van der Waals surface area contributed by atoms with Crippen LogP contribution < -0.4 is 5.73 Å². The molecular weight excluding hydrogens is 150 g/mol. The standard InChI is InChI=1S/C10H21NO/c1-10(2,8-11)7-9-5-3-4-6-12-9/h9H,3-8,11H2,1-2H3/t9-/m1/s1. The van der Waals surface area contributed by atoms with Crippen molar-refractivity contribution in [3.63, 3.8) is 0 Å². The number of nitrogens with two attached hydrogens (primary N) is 1. The molecule has 2 heteroatoms. The Hall–Kier alpha value is -0.0800. The first-order chi connectivity index (χ1) is 5.64. The van der Waals surface area contributed by atoms with E-state index in [4.69, 9.17) is 10.5 Å². The van der Waals surface area contributed by atoms with Gasteiger partial charge in [0.05, 0.1) is 6.10 Å². The summed E-state index contributed by atoms with van der Waals surface area (Å²) in [6, 6.07) is 0. The molecule has 0 unspecified atom stereocenters. The monoisotopic (exact) mass is 171 g/mol. The van der Waals surface area contributed by atoms with E-state index in [1.165, 1.54) is 19.3 Å². The molecule has 0 aromatic rings. The molecule has 0 spiro atoms. The van der Waals surface area contributed by atoms with Crippen LogP contribution in [0.4, 0.5) is 0 Å². The molecule has 0 aromatic carbocycles. The van der Waals surface area contributed by atoms with Gasteiger partial charge in [0.15, 0.2) is 0 Å². The highest BCUT2D eigenvalue weighted by molar-refractivity contribution is 4.76. The second kappa shape index (κ2) is 4.24. The summed E-state index contributed by atoms with van der Waals surface area (Å²) in [5, 5.41) is 0. The lowest BCUT2D eigenvalue weighted by Gasteiger charge is -2.30. The SMILES string of the molecule is CC(C)(CN)C[C@H]1CCCCO1. The van der Waals surface area contributed by atoms with Gasteiger partial charge in [-0.2, -0.15) is 0 Å². The fourth-order valence-electron chi connectivity index (χ4n) is 1.67. The highest BCUT2D eigenvalue weighted by atomic mass is 16.5. The quantitative estimate of drug-likeness (QED) is 0.704. The lowest BCUT2D eigenvalue weighted by molar-refractivity contribution is -0.00837.